The van der Waals surface area contributed by atoms with Crippen LogP contribution in [0.5, 0.6) is 5.75 Å². The minimum absolute atomic E-state index is 0.0668. The van der Waals surface area contributed by atoms with E-state index in [-0.39, 0.29) is 11.4 Å². The number of ether oxygens (including phenoxy) is 1. The molecule has 0 fully saturated rings. The number of carbonyl (C=O) groups is 1. The van der Waals surface area contributed by atoms with Crippen molar-refractivity contribution in [1.82, 2.24) is 0 Å². The Hall–Kier alpha value is -1.78. The minimum atomic E-state index is -1.16. The summed E-state index contributed by atoms with van der Waals surface area (Å²) in [6, 6.07) is 4.16. The highest BCUT2D eigenvalue weighted by Crippen LogP contribution is 2.21. The molecule has 1 rings (SSSR count). The summed E-state index contributed by atoms with van der Waals surface area (Å²) in [6.45, 7) is -0.583. The first-order valence-corrected chi connectivity index (χ1v) is 3.50. The Morgan fingerprint density at radius 3 is 2.92 bits per heavy atom. The smallest absolute Gasteiger partial charge is 0.341 e. The number of nitrogen functional groups attached to an aromatic ring is 1. The van der Waals surface area contributed by atoms with Crippen molar-refractivity contribution < 1.29 is 19.0 Å². The molecule has 0 unspecified atom stereocenters. The summed E-state index contributed by atoms with van der Waals surface area (Å²) in [6.07, 6.45) is 0. The van der Waals surface area contributed by atoms with Gasteiger partial charge in [0.2, 0.25) is 0 Å². The molecule has 0 bridgehead atoms. The molecule has 0 aliphatic rings. The van der Waals surface area contributed by atoms with Crippen LogP contribution in [-0.4, -0.2) is 17.7 Å². The van der Waals surface area contributed by atoms with Gasteiger partial charge in [0.25, 0.3) is 0 Å². The normalized spacial score (nSPS) is 9.62. The standard InChI is InChI=1S/C8H8FNO3/c9-8-5(10)2-1-3-6(8)13-4-7(11)12/h1-3H,4,10H2,(H,11,12). The Labute approximate surface area is 73.7 Å². The lowest BCUT2D eigenvalue weighted by molar-refractivity contribution is -0.139. The highest BCUT2D eigenvalue weighted by atomic mass is 19.1. The number of rotatable bonds is 3. The Balaban J connectivity index is 2.77. The fourth-order valence-electron chi connectivity index (χ4n) is 0.779. The monoisotopic (exact) mass is 185 g/mol. The van der Waals surface area contributed by atoms with Crippen molar-refractivity contribution in [2.75, 3.05) is 12.3 Å². The molecule has 0 amide bonds. The van der Waals surface area contributed by atoms with Crippen LogP contribution in [0.4, 0.5) is 10.1 Å². The molecule has 0 aromatic heterocycles. The molecule has 5 heteroatoms. The van der Waals surface area contributed by atoms with Gasteiger partial charge in [-0.05, 0) is 12.1 Å². The van der Waals surface area contributed by atoms with E-state index in [1.807, 2.05) is 0 Å². The number of hydrogen-bond donors (Lipinski definition) is 2. The van der Waals surface area contributed by atoms with Gasteiger partial charge in [0.05, 0.1) is 5.69 Å². The highest BCUT2D eigenvalue weighted by molar-refractivity contribution is 5.68. The van der Waals surface area contributed by atoms with E-state index in [9.17, 15) is 9.18 Å². The van der Waals surface area contributed by atoms with Gasteiger partial charge in [-0.15, -0.1) is 0 Å². The van der Waals surface area contributed by atoms with Crippen molar-refractivity contribution in [3.8, 4) is 5.75 Å². The van der Waals surface area contributed by atoms with Crippen LogP contribution in [0.1, 0.15) is 0 Å². The number of aliphatic carboxylic acids is 1. The zero-order chi connectivity index (χ0) is 9.84. The summed E-state index contributed by atoms with van der Waals surface area (Å²) in [7, 11) is 0. The van der Waals surface area contributed by atoms with E-state index >= 15 is 0 Å². The summed E-state index contributed by atoms with van der Waals surface area (Å²) >= 11 is 0. The van der Waals surface area contributed by atoms with Crippen LogP contribution in [-0.2, 0) is 4.79 Å². The van der Waals surface area contributed by atoms with E-state index in [0.717, 1.165) is 0 Å². The Morgan fingerprint density at radius 2 is 2.31 bits per heavy atom. The summed E-state index contributed by atoms with van der Waals surface area (Å²) in [5, 5.41) is 8.26. The average Bonchev–Trinajstić information content (AvgIpc) is 2.07. The predicted molar refractivity (Wildman–Crippen MR) is 43.9 cm³/mol. The van der Waals surface area contributed by atoms with E-state index in [1.54, 1.807) is 0 Å². The van der Waals surface area contributed by atoms with Gasteiger partial charge < -0.3 is 15.6 Å². The molecular weight excluding hydrogens is 177 g/mol. The summed E-state index contributed by atoms with van der Waals surface area (Å²) < 4.78 is 17.6. The van der Waals surface area contributed by atoms with Gasteiger partial charge in [-0.2, -0.15) is 0 Å². The number of carboxylic acid groups (broad SMARTS) is 1. The number of nitrogens with two attached hydrogens (primary N) is 1. The van der Waals surface area contributed by atoms with Crippen molar-refractivity contribution in [2.45, 2.75) is 0 Å². The minimum Gasteiger partial charge on any atom is -0.479 e. The van der Waals surface area contributed by atoms with Gasteiger partial charge in [0.1, 0.15) is 0 Å². The molecule has 0 spiro atoms. The molecule has 1 aromatic carbocycles. The Bertz CT molecular complexity index is 327. The van der Waals surface area contributed by atoms with Crippen molar-refractivity contribution >= 4 is 11.7 Å². The van der Waals surface area contributed by atoms with Gasteiger partial charge in [-0.25, -0.2) is 9.18 Å². The molecule has 0 aliphatic heterocycles. The lowest BCUT2D eigenvalue weighted by Crippen LogP contribution is -2.10. The van der Waals surface area contributed by atoms with Crippen LogP contribution in [0.25, 0.3) is 0 Å². The van der Waals surface area contributed by atoms with Gasteiger partial charge in [0, 0.05) is 0 Å². The van der Waals surface area contributed by atoms with Crippen LogP contribution >= 0.6 is 0 Å². The maximum atomic E-state index is 13.0. The molecule has 70 valence electrons. The van der Waals surface area contributed by atoms with Crippen LogP contribution in [0.2, 0.25) is 0 Å². The second-order valence-corrected chi connectivity index (χ2v) is 2.34. The molecule has 0 radical (unpaired) electrons. The fourth-order valence-corrected chi connectivity index (χ4v) is 0.779. The topological polar surface area (TPSA) is 72.5 Å². The van der Waals surface area contributed by atoms with Crippen LogP contribution < -0.4 is 10.5 Å². The largest absolute Gasteiger partial charge is 0.479 e. The first kappa shape index (κ1) is 9.31. The Morgan fingerprint density at radius 1 is 1.62 bits per heavy atom. The van der Waals surface area contributed by atoms with Crippen molar-refractivity contribution in [2.24, 2.45) is 0 Å². The second kappa shape index (κ2) is 3.75. The number of halogens is 1. The van der Waals surface area contributed by atoms with Crippen LogP contribution in [0.3, 0.4) is 0 Å². The van der Waals surface area contributed by atoms with E-state index in [1.165, 1.54) is 18.2 Å². The highest BCUT2D eigenvalue weighted by Gasteiger charge is 2.07. The predicted octanol–water partition coefficient (Wildman–Crippen LogP) is 0.871. The average molecular weight is 185 g/mol. The molecule has 4 nitrogen and oxygen atoms in total. The maximum absolute atomic E-state index is 13.0. The van der Waals surface area contributed by atoms with Gasteiger partial charge in [-0.1, -0.05) is 6.07 Å². The van der Waals surface area contributed by atoms with Crippen LogP contribution in [0, 0.1) is 5.82 Å². The number of anilines is 1. The van der Waals surface area contributed by atoms with E-state index in [2.05, 4.69) is 4.74 Å². The van der Waals surface area contributed by atoms with E-state index in [4.69, 9.17) is 10.8 Å². The maximum Gasteiger partial charge on any atom is 0.341 e. The molecule has 1 aromatic rings. The second-order valence-electron chi connectivity index (χ2n) is 2.34. The lowest BCUT2D eigenvalue weighted by Gasteiger charge is -2.05. The molecule has 3 N–H and O–H groups in total. The number of benzene rings is 1. The molecule has 0 saturated heterocycles. The van der Waals surface area contributed by atoms with Gasteiger partial charge in [-0.3, -0.25) is 0 Å². The summed E-state index contributed by atoms with van der Waals surface area (Å²) in [4.78, 5) is 10.1. The van der Waals surface area contributed by atoms with Crippen LogP contribution in [0.15, 0.2) is 18.2 Å². The third-order valence-electron chi connectivity index (χ3n) is 1.34. The van der Waals surface area contributed by atoms with Gasteiger partial charge in [0.15, 0.2) is 18.2 Å². The third kappa shape index (κ3) is 2.33. The fraction of sp³-hybridized carbons (Fsp3) is 0.125. The lowest BCUT2D eigenvalue weighted by atomic mass is 10.3. The zero-order valence-corrected chi connectivity index (χ0v) is 6.66. The first-order chi connectivity index (χ1) is 6.11. The number of hydrogen-bond acceptors (Lipinski definition) is 3. The molecule has 0 atom stereocenters. The summed E-state index contributed by atoms with van der Waals surface area (Å²) in [5.41, 5.74) is 5.16. The zero-order valence-electron chi connectivity index (χ0n) is 6.66. The quantitative estimate of drug-likeness (QED) is 0.685. The molecular formula is C8H8FNO3. The van der Waals surface area contributed by atoms with Crippen molar-refractivity contribution in [3.63, 3.8) is 0 Å². The molecule has 0 saturated carbocycles. The number of carboxylic acids is 1. The Kier molecular flexibility index (Phi) is 2.69. The van der Waals surface area contributed by atoms with E-state index < -0.39 is 18.4 Å². The first-order valence-electron chi connectivity index (χ1n) is 3.50. The summed E-state index contributed by atoms with van der Waals surface area (Å²) in [5.74, 6) is -2.05. The van der Waals surface area contributed by atoms with Crippen molar-refractivity contribution in [1.29, 1.82) is 0 Å². The van der Waals surface area contributed by atoms with E-state index in [0.29, 0.717) is 0 Å². The van der Waals surface area contributed by atoms with Crippen molar-refractivity contribution in [3.05, 3.63) is 24.0 Å². The molecule has 13 heavy (non-hydrogen) atoms. The molecule has 0 aliphatic carbocycles. The SMILES string of the molecule is Nc1cccc(OCC(=O)O)c1F. The van der Waals surface area contributed by atoms with Gasteiger partial charge >= 0.3 is 5.97 Å². The third-order valence-corrected chi connectivity index (χ3v) is 1.34. The molecule has 0 heterocycles.